The Labute approximate surface area is 233 Å². The highest BCUT2D eigenvalue weighted by Crippen LogP contribution is 2.50. The molecule has 1 amide bonds. The van der Waals surface area contributed by atoms with Crippen LogP contribution in [0.25, 0.3) is 10.8 Å². The molecule has 0 aliphatic heterocycles. The third-order valence-electron chi connectivity index (χ3n) is 6.09. The number of phenols is 2. The number of hydrogen-bond donors (Lipinski definition) is 3. The minimum atomic E-state index is -1.03. The van der Waals surface area contributed by atoms with Gasteiger partial charge in [0.1, 0.15) is 11.4 Å². The van der Waals surface area contributed by atoms with Gasteiger partial charge in [0.2, 0.25) is 5.75 Å². The Bertz CT molecular complexity index is 1660. The van der Waals surface area contributed by atoms with Crippen LogP contribution in [0.2, 0.25) is 0 Å². The molecule has 0 radical (unpaired) electrons. The number of nitro benzene ring substituents is 2. The van der Waals surface area contributed by atoms with Gasteiger partial charge in [-0.3, -0.25) is 25.0 Å². The van der Waals surface area contributed by atoms with Crippen molar-refractivity contribution in [3.63, 3.8) is 0 Å². The summed E-state index contributed by atoms with van der Waals surface area (Å²) in [6, 6.07) is 17.4. The molecule has 4 rings (SSSR count). The third-order valence-corrected chi connectivity index (χ3v) is 6.09. The van der Waals surface area contributed by atoms with Crippen LogP contribution in [0.1, 0.15) is 36.5 Å². The second-order valence-corrected chi connectivity index (χ2v) is 8.87. The summed E-state index contributed by atoms with van der Waals surface area (Å²) in [4.78, 5) is 34.7. The van der Waals surface area contributed by atoms with Gasteiger partial charge in [0, 0.05) is 11.1 Å². The Morgan fingerprint density at radius 3 is 2.32 bits per heavy atom. The molecule has 0 unspecified atom stereocenters. The van der Waals surface area contributed by atoms with Gasteiger partial charge in [0.25, 0.3) is 11.7 Å². The molecular formula is C28H25N5O8. The van der Waals surface area contributed by atoms with Gasteiger partial charge in [-0.05, 0) is 30.0 Å². The maximum absolute atomic E-state index is 13.0. The number of ether oxygens (including phenoxy) is 1. The van der Waals surface area contributed by atoms with E-state index in [4.69, 9.17) is 4.74 Å². The summed E-state index contributed by atoms with van der Waals surface area (Å²) in [5.74, 6) is -2.90. The van der Waals surface area contributed by atoms with Crippen molar-refractivity contribution >= 4 is 45.1 Å². The number of nitrogens with one attached hydrogen (secondary N) is 1. The van der Waals surface area contributed by atoms with E-state index in [-0.39, 0.29) is 17.9 Å². The standard InChI is InChI=1S/C28H25N5O8/c1-2-3-9-14-41-27-22(32(37)38)16-21(26(35)24(27)33(39)40)30-31-23-19-13-8-7-10-17(19)15-20(25(23)34)28(36)29-18-11-5-4-6-12-18/h4-8,10-13,15-16,34-35H,2-3,9,14H2,1H3,(H,29,36). The molecule has 0 atom stereocenters. The molecule has 0 aliphatic carbocycles. The molecule has 0 heterocycles. The SMILES string of the molecule is CCCCCOc1c([N+](=O)[O-])cc(N=Nc2c(O)c(C(=O)Nc3ccccc3)cc3ccccc23)c(O)c1[N+](=O)[O-]. The number of benzene rings is 4. The predicted octanol–water partition coefficient (Wildman–Crippen LogP) is 7.30. The lowest BCUT2D eigenvalue weighted by Gasteiger charge is -2.11. The number of carbonyl (C=O) groups excluding carboxylic acids is 1. The largest absolute Gasteiger partial charge is 0.505 e. The van der Waals surface area contributed by atoms with Gasteiger partial charge in [-0.1, -0.05) is 62.2 Å². The molecule has 13 heteroatoms. The van der Waals surface area contributed by atoms with Crippen LogP contribution in [-0.4, -0.2) is 32.6 Å². The first-order chi connectivity index (χ1) is 19.7. The van der Waals surface area contributed by atoms with Gasteiger partial charge >= 0.3 is 11.4 Å². The van der Waals surface area contributed by atoms with Crippen LogP contribution >= 0.6 is 0 Å². The number of amides is 1. The van der Waals surface area contributed by atoms with Crippen molar-refractivity contribution in [1.29, 1.82) is 0 Å². The topological polar surface area (TPSA) is 190 Å². The monoisotopic (exact) mass is 559 g/mol. The van der Waals surface area contributed by atoms with E-state index in [1.165, 1.54) is 6.07 Å². The Kier molecular flexibility index (Phi) is 8.67. The first kappa shape index (κ1) is 28.4. The van der Waals surface area contributed by atoms with Crippen LogP contribution in [0.4, 0.5) is 28.4 Å². The summed E-state index contributed by atoms with van der Waals surface area (Å²) in [7, 11) is 0. The summed E-state index contributed by atoms with van der Waals surface area (Å²) in [6.45, 7) is 1.90. The average molecular weight is 560 g/mol. The first-order valence-corrected chi connectivity index (χ1v) is 12.6. The number of fused-ring (bicyclic) bond motifs is 1. The number of anilines is 1. The minimum Gasteiger partial charge on any atom is -0.505 e. The molecule has 0 spiro atoms. The van der Waals surface area contributed by atoms with Crippen LogP contribution in [0, 0.1) is 20.2 Å². The molecule has 0 aliphatic rings. The number of rotatable bonds is 11. The van der Waals surface area contributed by atoms with Gasteiger partial charge in [-0.2, -0.15) is 0 Å². The first-order valence-electron chi connectivity index (χ1n) is 12.6. The number of azo groups is 1. The molecule has 4 aromatic rings. The maximum Gasteiger partial charge on any atom is 0.361 e. The summed E-state index contributed by atoms with van der Waals surface area (Å²) in [5.41, 5.74) is -2.27. The van der Waals surface area contributed by atoms with Crippen LogP contribution in [0.3, 0.4) is 0 Å². The van der Waals surface area contributed by atoms with Crippen molar-refractivity contribution in [1.82, 2.24) is 0 Å². The molecule has 13 nitrogen and oxygen atoms in total. The molecule has 0 saturated carbocycles. The number of aromatic hydroxyl groups is 2. The Morgan fingerprint density at radius 1 is 0.927 bits per heavy atom. The van der Waals surface area contributed by atoms with Gasteiger partial charge in [0.05, 0.1) is 28.1 Å². The zero-order chi connectivity index (χ0) is 29.5. The van der Waals surface area contributed by atoms with E-state index in [0.29, 0.717) is 22.9 Å². The molecular weight excluding hydrogens is 534 g/mol. The lowest BCUT2D eigenvalue weighted by atomic mass is 10.0. The molecule has 0 aromatic heterocycles. The van der Waals surface area contributed by atoms with Crippen LogP contribution in [0.15, 0.2) is 77.0 Å². The minimum absolute atomic E-state index is 0.0342. The van der Waals surface area contributed by atoms with Crippen molar-refractivity contribution < 1.29 is 29.6 Å². The number of phenolic OH excluding ortho intramolecular Hbond substituents is 2. The van der Waals surface area contributed by atoms with E-state index in [1.54, 1.807) is 54.6 Å². The number of carbonyl (C=O) groups is 1. The van der Waals surface area contributed by atoms with E-state index < -0.39 is 50.1 Å². The zero-order valence-corrected chi connectivity index (χ0v) is 21.8. The van der Waals surface area contributed by atoms with E-state index in [2.05, 4.69) is 15.5 Å². The van der Waals surface area contributed by atoms with Crippen molar-refractivity contribution in [2.24, 2.45) is 10.2 Å². The van der Waals surface area contributed by atoms with E-state index in [1.807, 2.05) is 6.92 Å². The molecule has 4 aromatic carbocycles. The third kappa shape index (κ3) is 6.19. The fourth-order valence-corrected chi connectivity index (χ4v) is 4.08. The number of nitro groups is 2. The molecule has 41 heavy (non-hydrogen) atoms. The Balaban J connectivity index is 1.81. The molecule has 0 fully saturated rings. The Morgan fingerprint density at radius 2 is 1.63 bits per heavy atom. The van der Waals surface area contributed by atoms with Crippen molar-refractivity contribution in [3.05, 3.63) is 92.5 Å². The smallest absolute Gasteiger partial charge is 0.361 e. The summed E-state index contributed by atoms with van der Waals surface area (Å²) >= 11 is 0. The summed E-state index contributed by atoms with van der Waals surface area (Å²) < 4.78 is 5.36. The highest BCUT2D eigenvalue weighted by molar-refractivity contribution is 6.11. The molecule has 0 bridgehead atoms. The normalized spacial score (nSPS) is 11.0. The number of para-hydroxylation sites is 1. The second kappa shape index (κ2) is 12.5. The van der Waals surface area contributed by atoms with Crippen LogP contribution in [0.5, 0.6) is 17.2 Å². The average Bonchev–Trinajstić information content (AvgIpc) is 2.95. The summed E-state index contributed by atoms with van der Waals surface area (Å²) in [5, 5.41) is 56.7. The van der Waals surface area contributed by atoms with Gasteiger partial charge < -0.3 is 20.3 Å². The maximum atomic E-state index is 13.0. The predicted molar refractivity (Wildman–Crippen MR) is 151 cm³/mol. The Hall–Kier alpha value is -5.59. The van der Waals surface area contributed by atoms with Gasteiger partial charge in [0.15, 0.2) is 5.75 Å². The fourth-order valence-electron chi connectivity index (χ4n) is 4.08. The number of unbranched alkanes of at least 4 members (excludes halogenated alkanes) is 2. The lowest BCUT2D eigenvalue weighted by molar-refractivity contribution is -0.396. The molecule has 3 N–H and O–H groups in total. The van der Waals surface area contributed by atoms with E-state index in [0.717, 1.165) is 18.9 Å². The van der Waals surface area contributed by atoms with Crippen molar-refractivity contribution in [2.75, 3.05) is 11.9 Å². The quantitative estimate of drug-likeness (QED) is 0.0737. The van der Waals surface area contributed by atoms with Crippen molar-refractivity contribution in [3.8, 4) is 17.2 Å². The zero-order valence-electron chi connectivity index (χ0n) is 21.8. The molecule has 0 saturated heterocycles. The highest BCUT2D eigenvalue weighted by Gasteiger charge is 2.34. The lowest BCUT2D eigenvalue weighted by Crippen LogP contribution is -2.12. The van der Waals surface area contributed by atoms with Gasteiger partial charge in [-0.15, -0.1) is 10.2 Å². The second-order valence-electron chi connectivity index (χ2n) is 8.87. The van der Waals surface area contributed by atoms with Crippen LogP contribution < -0.4 is 10.1 Å². The van der Waals surface area contributed by atoms with E-state index >= 15 is 0 Å². The van der Waals surface area contributed by atoms with Crippen molar-refractivity contribution in [2.45, 2.75) is 26.2 Å². The summed E-state index contributed by atoms with van der Waals surface area (Å²) in [6.07, 6.45) is 2.06. The van der Waals surface area contributed by atoms with Gasteiger partial charge in [-0.25, -0.2) is 0 Å². The van der Waals surface area contributed by atoms with Crippen LogP contribution in [-0.2, 0) is 0 Å². The fraction of sp³-hybridized carbons (Fsp3) is 0.179. The number of nitrogens with zero attached hydrogens (tertiary/aromatic N) is 4. The molecule has 210 valence electrons. The van der Waals surface area contributed by atoms with E-state index in [9.17, 15) is 35.2 Å². The highest BCUT2D eigenvalue weighted by atomic mass is 16.6. The number of hydrogen-bond acceptors (Lipinski definition) is 10.